The van der Waals surface area contributed by atoms with Gasteiger partial charge in [-0.3, -0.25) is 9.48 Å². The maximum atomic E-state index is 12.2. The van der Waals surface area contributed by atoms with Gasteiger partial charge < -0.3 is 20.1 Å². The van der Waals surface area contributed by atoms with Crippen LogP contribution in [0.2, 0.25) is 5.02 Å². The summed E-state index contributed by atoms with van der Waals surface area (Å²) >= 11 is 7.19. The van der Waals surface area contributed by atoms with Gasteiger partial charge in [0, 0.05) is 72.9 Å². The monoisotopic (exact) mass is 590 g/mol. The van der Waals surface area contributed by atoms with Crippen LogP contribution >= 0.6 is 11.6 Å². The van der Waals surface area contributed by atoms with E-state index in [0.29, 0.717) is 33.2 Å². The van der Waals surface area contributed by atoms with Crippen molar-refractivity contribution >= 4 is 39.9 Å². The number of nitrogens with zero attached hydrogens (tertiary/aromatic N) is 6. The molecule has 0 atom stereocenters. The van der Waals surface area contributed by atoms with Gasteiger partial charge in [-0.1, -0.05) is 42.4 Å². The van der Waals surface area contributed by atoms with Crippen molar-refractivity contribution in [3.05, 3.63) is 83.8 Å². The number of hydrogen-bond donors (Lipinski definition) is 2. The number of fused-ring (bicyclic) bond motifs is 1. The first-order chi connectivity index (χ1) is 20.8. The Hall–Kier alpha value is -4.91. The molecule has 9 nitrogen and oxygen atoms in total. The Morgan fingerprint density at radius 1 is 1.07 bits per heavy atom. The van der Waals surface area contributed by atoms with Gasteiger partial charge in [-0.15, -0.1) is 0 Å². The van der Waals surface area contributed by atoms with Gasteiger partial charge in [-0.05, 0) is 54.9 Å². The molecule has 0 bridgehead atoms. The van der Waals surface area contributed by atoms with Gasteiger partial charge in [0.05, 0.1) is 16.9 Å². The summed E-state index contributed by atoms with van der Waals surface area (Å²) in [7, 11) is 3.87. The maximum absolute atomic E-state index is 12.2. The molecule has 6 rings (SSSR count). The number of aryl methyl sites for hydroxylation is 2. The lowest BCUT2D eigenvalue weighted by molar-refractivity contribution is -0.111. The quantitative estimate of drug-likeness (QED) is 0.235. The highest BCUT2D eigenvalue weighted by molar-refractivity contribution is 6.39. The molecule has 0 spiro atoms. The van der Waals surface area contributed by atoms with Gasteiger partial charge in [0.15, 0.2) is 0 Å². The van der Waals surface area contributed by atoms with E-state index in [1.54, 1.807) is 19.4 Å². The molecule has 2 N–H and O–H groups in total. The van der Waals surface area contributed by atoms with Crippen molar-refractivity contribution in [1.29, 1.82) is 5.26 Å². The van der Waals surface area contributed by atoms with Crippen LogP contribution in [-0.4, -0.2) is 63.8 Å². The Morgan fingerprint density at radius 2 is 1.79 bits per heavy atom. The van der Waals surface area contributed by atoms with Crippen LogP contribution in [0, 0.1) is 18.3 Å². The molecule has 0 saturated carbocycles. The number of aromatic amines is 1. The van der Waals surface area contributed by atoms with Crippen molar-refractivity contribution in [3.8, 4) is 39.6 Å². The molecule has 216 valence electrons. The molecule has 0 radical (unpaired) electrons. The lowest BCUT2D eigenvalue weighted by atomic mass is 9.96. The van der Waals surface area contributed by atoms with Crippen molar-refractivity contribution in [2.75, 3.05) is 43.4 Å². The van der Waals surface area contributed by atoms with E-state index in [4.69, 9.17) is 16.6 Å². The van der Waals surface area contributed by atoms with Gasteiger partial charge in [0.25, 0.3) is 0 Å². The number of aromatic nitrogens is 4. The largest absolute Gasteiger partial charge is 0.369 e. The van der Waals surface area contributed by atoms with Gasteiger partial charge in [0.1, 0.15) is 17.4 Å². The Morgan fingerprint density at radius 3 is 2.49 bits per heavy atom. The molecule has 10 heteroatoms. The molecule has 4 heterocycles. The lowest BCUT2D eigenvalue weighted by Gasteiger charge is -2.34. The third kappa shape index (κ3) is 5.16. The van der Waals surface area contributed by atoms with Crippen molar-refractivity contribution in [2.24, 2.45) is 7.05 Å². The van der Waals surface area contributed by atoms with Gasteiger partial charge in [-0.25, -0.2) is 4.98 Å². The van der Waals surface area contributed by atoms with Crippen LogP contribution in [0.15, 0.2) is 67.5 Å². The number of carbonyl (C=O) groups is 1. The van der Waals surface area contributed by atoms with E-state index < -0.39 is 0 Å². The molecular formula is C33H31ClN8O. The summed E-state index contributed by atoms with van der Waals surface area (Å²) in [6, 6.07) is 16.7. The van der Waals surface area contributed by atoms with Crippen LogP contribution in [0.25, 0.3) is 44.5 Å². The molecule has 0 aliphatic carbocycles. The molecule has 2 aromatic carbocycles. The highest BCUT2D eigenvalue weighted by Crippen LogP contribution is 2.45. The van der Waals surface area contributed by atoms with Gasteiger partial charge in [-0.2, -0.15) is 10.4 Å². The Bertz CT molecular complexity index is 1910. The van der Waals surface area contributed by atoms with Crippen LogP contribution in [0.3, 0.4) is 0 Å². The predicted molar refractivity (Wildman–Crippen MR) is 172 cm³/mol. The number of halogens is 1. The molecule has 5 aromatic rings. The van der Waals surface area contributed by atoms with E-state index in [2.05, 4.69) is 69.2 Å². The molecule has 1 saturated heterocycles. The van der Waals surface area contributed by atoms with E-state index in [9.17, 15) is 10.1 Å². The van der Waals surface area contributed by atoms with E-state index in [-0.39, 0.29) is 5.91 Å². The molecule has 3 aromatic heterocycles. The smallest absolute Gasteiger partial charge is 0.247 e. The van der Waals surface area contributed by atoms with Crippen LogP contribution in [0.4, 0.5) is 11.4 Å². The number of likely N-dealkylation sites (N-methyl/N-ethyl adjacent to an activating group) is 1. The average Bonchev–Trinajstić information content (AvgIpc) is 3.59. The van der Waals surface area contributed by atoms with Crippen molar-refractivity contribution < 1.29 is 4.79 Å². The standard InChI is InChI=1S/C33H31ClN8O/c1-5-28(43)38-26-16-22(7-6-20(26)2)29-30-31(34)25(24-19-37-41(4)27(24)17-35)18-36-33(30)39-32(29)21-8-10-23(11-9-21)42-14-12-40(3)13-15-42/h5-11,16,18-19H,1,12-15H2,2-4H3,(H,36,39)(H,38,43). The summed E-state index contributed by atoms with van der Waals surface area (Å²) in [5.41, 5.74) is 8.51. The number of anilines is 2. The molecule has 43 heavy (non-hydrogen) atoms. The van der Waals surface area contributed by atoms with Crippen LogP contribution in [0.1, 0.15) is 11.3 Å². The number of amides is 1. The maximum Gasteiger partial charge on any atom is 0.247 e. The normalized spacial score (nSPS) is 13.7. The summed E-state index contributed by atoms with van der Waals surface area (Å²) in [6.45, 7) is 9.55. The third-order valence-electron chi connectivity index (χ3n) is 8.09. The highest BCUT2D eigenvalue weighted by Gasteiger charge is 2.24. The van der Waals surface area contributed by atoms with E-state index in [0.717, 1.165) is 59.5 Å². The lowest BCUT2D eigenvalue weighted by Crippen LogP contribution is -2.44. The molecular weight excluding hydrogens is 560 g/mol. The van der Waals surface area contributed by atoms with Crippen LogP contribution in [0.5, 0.6) is 0 Å². The van der Waals surface area contributed by atoms with E-state index in [1.807, 2.05) is 25.1 Å². The van der Waals surface area contributed by atoms with Crippen molar-refractivity contribution in [3.63, 3.8) is 0 Å². The fraction of sp³-hybridized carbons (Fsp3) is 0.212. The summed E-state index contributed by atoms with van der Waals surface area (Å²) in [5, 5.41) is 18.1. The number of H-pyrrole nitrogens is 1. The molecule has 0 unspecified atom stereocenters. The topological polar surface area (TPSA) is 106 Å². The first-order valence-electron chi connectivity index (χ1n) is 14.0. The third-order valence-corrected chi connectivity index (χ3v) is 8.48. The first kappa shape index (κ1) is 28.2. The van der Waals surface area contributed by atoms with Crippen LogP contribution < -0.4 is 10.2 Å². The minimum Gasteiger partial charge on any atom is -0.369 e. The van der Waals surface area contributed by atoms with Crippen LogP contribution in [-0.2, 0) is 11.8 Å². The van der Waals surface area contributed by atoms with Gasteiger partial charge in [0.2, 0.25) is 5.91 Å². The first-order valence-corrected chi connectivity index (χ1v) is 14.4. The fourth-order valence-electron chi connectivity index (χ4n) is 5.58. The van der Waals surface area contributed by atoms with E-state index >= 15 is 0 Å². The average molecular weight is 591 g/mol. The SMILES string of the molecule is C=CC(=O)Nc1cc(-c2c(-c3ccc(N4CCN(C)CC4)cc3)[nH]c3ncc(-c4cnn(C)c4C#N)c(Cl)c23)ccc1C. The minimum absolute atomic E-state index is 0.290. The second-order valence-corrected chi connectivity index (χ2v) is 11.2. The Kier molecular flexibility index (Phi) is 7.48. The number of nitrogens with one attached hydrogen (secondary N) is 2. The minimum atomic E-state index is -0.290. The number of carbonyl (C=O) groups excluding carboxylic acids is 1. The predicted octanol–water partition coefficient (Wildman–Crippen LogP) is 6.01. The number of nitriles is 1. The second-order valence-electron chi connectivity index (χ2n) is 10.8. The molecule has 1 fully saturated rings. The summed E-state index contributed by atoms with van der Waals surface area (Å²) in [6.07, 6.45) is 4.55. The molecule has 1 aliphatic rings. The number of benzene rings is 2. The Labute approximate surface area is 255 Å². The van der Waals surface area contributed by atoms with Crippen molar-refractivity contribution in [1.82, 2.24) is 24.6 Å². The molecule has 1 amide bonds. The highest BCUT2D eigenvalue weighted by atomic mass is 35.5. The number of piperazine rings is 1. The van der Waals surface area contributed by atoms with Gasteiger partial charge >= 0.3 is 0 Å². The zero-order valence-electron chi connectivity index (χ0n) is 24.3. The summed E-state index contributed by atoms with van der Waals surface area (Å²) < 4.78 is 1.52. The fourth-order valence-corrected chi connectivity index (χ4v) is 5.91. The van der Waals surface area contributed by atoms with E-state index in [1.165, 1.54) is 16.4 Å². The zero-order valence-corrected chi connectivity index (χ0v) is 25.0. The number of pyridine rings is 1. The zero-order chi connectivity index (χ0) is 30.2. The summed E-state index contributed by atoms with van der Waals surface area (Å²) in [5.74, 6) is -0.290. The van der Waals surface area contributed by atoms with Crippen molar-refractivity contribution in [2.45, 2.75) is 6.92 Å². The number of hydrogen-bond acceptors (Lipinski definition) is 6. The summed E-state index contributed by atoms with van der Waals surface area (Å²) in [4.78, 5) is 25.2. The second kappa shape index (κ2) is 11.4. The number of rotatable bonds is 6. The molecule has 1 aliphatic heterocycles. The Balaban J connectivity index is 1.54.